The normalized spacial score (nSPS) is 12.5. The molecule has 2 heterocycles. The average molecular weight is 429 g/mol. The number of halogens is 2. The van der Waals surface area contributed by atoms with Crippen molar-refractivity contribution in [3.63, 3.8) is 0 Å². The molecule has 0 spiro atoms. The second-order valence-corrected chi connectivity index (χ2v) is 10.8. The summed E-state index contributed by atoms with van der Waals surface area (Å²) in [4.78, 5) is 4.59. The minimum absolute atomic E-state index is 0.0819. The van der Waals surface area contributed by atoms with Crippen molar-refractivity contribution in [2.75, 3.05) is 0 Å². The molecule has 9 heteroatoms. The van der Waals surface area contributed by atoms with Gasteiger partial charge in [0.2, 0.25) is 10.0 Å². The van der Waals surface area contributed by atoms with Gasteiger partial charge in [-0.1, -0.05) is 20.8 Å². The maximum atomic E-state index is 13.2. The lowest BCUT2D eigenvalue weighted by Crippen LogP contribution is -2.22. The maximum Gasteiger partial charge on any atom is 0.250 e. The number of sulfonamides is 1. The van der Waals surface area contributed by atoms with Gasteiger partial charge in [-0.25, -0.2) is 26.9 Å². The van der Waals surface area contributed by atoms with Gasteiger partial charge in [-0.15, -0.1) is 22.7 Å². The van der Waals surface area contributed by atoms with Gasteiger partial charge in [0.15, 0.2) is 0 Å². The van der Waals surface area contributed by atoms with Crippen LogP contribution in [0.1, 0.15) is 32.0 Å². The van der Waals surface area contributed by atoms with Gasteiger partial charge >= 0.3 is 0 Å². The van der Waals surface area contributed by atoms with E-state index in [0.717, 1.165) is 45.8 Å². The van der Waals surface area contributed by atoms with Crippen molar-refractivity contribution < 1.29 is 17.2 Å². The lowest BCUT2D eigenvalue weighted by Gasteiger charge is -2.14. The average Bonchev–Trinajstić information content (AvgIpc) is 3.20. The summed E-state index contributed by atoms with van der Waals surface area (Å²) < 4.78 is 53.9. The highest BCUT2D eigenvalue weighted by Crippen LogP contribution is 2.33. The standard InChI is InChI=1S/C18H18F2N2O2S3/c1-18(2,3)15-10-26-17(22-15)12-6-16(25-9-12)27(23,24)21-8-11-4-13(19)7-14(20)5-11/h4-7,9-10,21H,8H2,1-3H3. The molecule has 4 nitrogen and oxygen atoms in total. The lowest BCUT2D eigenvalue weighted by molar-refractivity contribution is 0.572. The maximum absolute atomic E-state index is 13.2. The molecule has 0 fully saturated rings. The van der Waals surface area contributed by atoms with Gasteiger partial charge < -0.3 is 0 Å². The number of aromatic nitrogens is 1. The molecular weight excluding hydrogens is 410 g/mol. The van der Waals surface area contributed by atoms with E-state index in [9.17, 15) is 17.2 Å². The van der Waals surface area contributed by atoms with Crippen molar-refractivity contribution in [3.05, 3.63) is 57.9 Å². The van der Waals surface area contributed by atoms with Crippen molar-refractivity contribution >= 4 is 32.7 Å². The lowest BCUT2D eigenvalue weighted by atomic mass is 9.93. The molecule has 0 aliphatic rings. The van der Waals surface area contributed by atoms with Crippen LogP contribution in [0.4, 0.5) is 8.78 Å². The summed E-state index contributed by atoms with van der Waals surface area (Å²) >= 11 is 2.54. The molecule has 0 radical (unpaired) electrons. The molecule has 0 saturated heterocycles. The van der Waals surface area contributed by atoms with Crippen LogP contribution in [0.3, 0.4) is 0 Å². The van der Waals surface area contributed by atoms with Gasteiger partial charge in [0.05, 0.1) is 5.69 Å². The van der Waals surface area contributed by atoms with Crippen LogP contribution in [0.2, 0.25) is 0 Å². The fourth-order valence-corrected chi connectivity index (χ4v) is 5.62. The van der Waals surface area contributed by atoms with Crippen molar-refractivity contribution in [2.24, 2.45) is 0 Å². The fraction of sp³-hybridized carbons (Fsp3) is 0.278. The first-order valence-electron chi connectivity index (χ1n) is 8.04. The van der Waals surface area contributed by atoms with E-state index in [1.807, 2.05) is 5.38 Å². The Kier molecular flexibility index (Phi) is 5.49. The van der Waals surface area contributed by atoms with E-state index in [4.69, 9.17) is 0 Å². The molecule has 0 aliphatic heterocycles. The Balaban J connectivity index is 1.77. The van der Waals surface area contributed by atoms with Gasteiger partial charge in [-0.2, -0.15) is 0 Å². The Labute approximate surface area is 165 Å². The molecule has 3 aromatic rings. The predicted molar refractivity (Wildman–Crippen MR) is 105 cm³/mol. The fourth-order valence-electron chi connectivity index (χ4n) is 2.28. The van der Waals surface area contributed by atoms with Gasteiger partial charge in [0.25, 0.3) is 0 Å². The molecule has 1 N–H and O–H groups in total. The first-order chi connectivity index (χ1) is 12.5. The van der Waals surface area contributed by atoms with E-state index in [2.05, 4.69) is 30.5 Å². The number of hydrogen-bond acceptors (Lipinski definition) is 5. The van der Waals surface area contributed by atoms with Crippen LogP contribution in [0.15, 0.2) is 39.2 Å². The summed E-state index contributed by atoms with van der Waals surface area (Å²) in [7, 11) is -3.79. The number of thiophene rings is 1. The molecule has 144 valence electrons. The third-order valence-corrected chi connectivity index (χ3v) is 7.48. The highest BCUT2D eigenvalue weighted by molar-refractivity contribution is 7.91. The third-order valence-electron chi connectivity index (χ3n) is 3.75. The Hall–Kier alpha value is -1.68. The first-order valence-corrected chi connectivity index (χ1v) is 11.3. The minimum Gasteiger partial charge on any atom is -0.241 e. The van der Waals surface area contributed by atoms with Crippen molar-refractivity contribution in [1.29, 1.82) is 0 Å². The summed E-state index contributed by atoms with van der Waals surface area (Å²) in [6, 6.07) is 4.48. The van der Waals surface area contributed by atoms with E-state index >= 15 is 0 Å². The number of hydrogen-bond donors (Lipinski definition) is 1. The van der Waals surface area contributed by atoms with Crippen LogP contribution in [0, 0.1) is 11.6 Å². The second kappa shape index (κ2) is 7.38. The van der Waals surface area contributed by atoms with E-state index in [1.54, 1.807) is 11.4 Å². The van der Waals surface area contributed by atoms with E-state index in [0.29, 0.717) is 0 Å². The zero-order chi connectivity index (χ0) is 19.8. The Bertz CT molecular complexity index is 1050. The Morgan fingerprint density at radius 2 is 1.70 bits per heavy atom. The van der Waals surface area contributed by atoms with Crippen molar-refractivity contribution in [2.45, 2.75) is 36.9 Å². The van der Waals surface area contributed by atoms with Crippen LogP contribution in [0.5, 0.6) is 0 Å². The van der Waals surface area contributed by atoms with Crippen LogP contribution >= 0.6 is 22.7 Å². The molecule has 0 aliphatic carbocycles. The molecule has 27 heavy (non-hydrogen) atoms. The molecule has 0 atom stereocenters. The molecule has 3 rings (SSSR count). The van der Waals surface area contributed by atoms with Crippen LogP contribution < -0.4 is 4.72 Å². The quantitative estimate of drug-likeness (QED) is 0.627. The zero-order valence-electron chi connectivity index (χ0n) is 14.9. The summed E-state index contributed by atoms with van der Waals surface area (Å²) in [6.07, 6.45) is 0. The van der Waals surface area contributed by atoms with Gasteiger partial charge in [-0.3, -0.25) is 0 Å². The number of benzene rings is 1. The Morgan fingerprint density at radius 3 is 2.30 bits per heavy atom. The van der Waals surface area contributed by atoms with Crippen molar-refractivity contribution in [1.82, 2.24) is 9.71 Å². The van der Waals surface area contributed by atoms with Crippen molar-refractivity contribution in [3.8, 4) is 10.6 Å². The molecule has 0 saturated carbocycles. The molecule has 2 aromatic heterocycles. The summed E-state index contributed by atoms with van der Waals surface area (Å²) in [6.45, 7) is 5.99. The number of thiazole rings is 1. The molecule has 1 aromatic carbocycles. The first kappa shape index (κ1) is 20.1. The SMILES string of the molecule is CC(C)(C)c1csc(-c2csc(S(=O)(=O)NCc3cc(F)cc(F)c3)c2)n1. The van der Waals surface area contributed by atoms with Gasteiger partial charge in [-0.05, 0) is 23.8 Å². The van der Waals surface area contributed by atoms with E-state index in [1.165, 1.54) is 11.3 Å². The molecular formula is C18H18F2N2O2S3. The highest BCUT2D eigenvalue weighted by Gasteiger charge is 2.21. The minimum atomic E-state index is -3.79. The van der Waals surface area contributed by atoms with Crippen LogP contribution in [0.25, 0.3) is 10.6 Å². The van der Waals surface area contributed by atoms with Gasteiger partial charge in [0, 0.05) is 34.3 Å². The number of nitrogens with one attached hydrogen (secondary N) is 1. The summed E-state index contributed by atoms with van der Waals surface area (Å²) in [5.74, 6) is -1.50. The van der Waals surface area contributed by atoms with Gasteiger partial charge in [0.1, 0.15) is 20.9 Å². The third kappa shape index (κ3) is 4.78. The summed E-state index contributed by atoms with van der Waals surface area (Å²) in [5, 5.41) is 4.46. The van der Waals surface area contributed by atoms with E-state index in [-0.39, 0.29) is 21.7 Å². The highest BCUT2D eigenvalue weighted by atomic mass is 32.2. The summed E-state index contributed by atoms with van der Waals surface area (Å²) in [5.41, 5.74) is 1.81. The second-order valence-electron chi connectivity index (χ2n) is 7.04. The largest absolute Gasteiger partial charge is 0.250 e. The van der Waals surface area contributed by atoms with E-state index < -0.39 is 21.7 Å². The van der Waals surface area contributed by atoms with Crippen LogP contribution in [-0.2, 0) is 22.0 Å². The van der Waals surface area contributed by atoms with Crippen LogP contribution in [-0.4, -0.2) is 13.4 Å². The Morgan fingerprint density at radius 1 is 1.04 bits per heavy atom. The molecule has 0 bridgehead atoms. The monoisotopic (exact) mass is 428 g/mol. The smallest absolute Gasteiger partial charge is 0.241 e. The number of nitrogens with zero attached hydrogens (tertiary/aromatic N) is 1. The zero-order valence-corrected chi connectivity index (χ0v) is 17.4. The molecule has 0 unspecified atom stereocenters. The topological polar surface area (TPSA) is 59.1 Å². The molecule has 0 amide bonds. The number of rotatable bonds is 5. The predicted octanol–water partition coefficient (Wildman–Crippen LogP) is 4.93.